The van der Waals surface area contributed by atoms with Gasteiger partial charge in [0.2, 0.25) is 0 Å². The average Bonchev–Trinajstić information content (AvgIpc) is 2.76. The molecule has 0 spiro atoms. The van der Waals surface area contributed by atoms with Crippen LogP contribution in [-0.4, -0.2) is 9.80 Å². The predicted octanol–water partition coefficient (Wildman–Crippen LogP) is 4.17. The molecule has 2 nitrogen and oxygen atoms in total. The molecular formula is C14H13NOS2. The summed E-state index contributed by atoms with van der Waals surface area (Å²) >= 11 is 1.77. The van der Waals surface area contributed by atoms with E-state index >= 15 is 0 Å². The Balaban J connectivity index is 1.95. The summed E-state index contributed by atoms with van der Waals surface area (Å²) in [4.78, 5) is 2.25. The molecule has 2 aliphatic rings. The number of thiophene rings is 1. The number of rotatable bonds is 1. The topological polar surface area (TPSA) is 35.4 Å². The van der Waals surface area contributed by atoms with Gasteiger partial charge in [0.15, 0.2) is 0 Å². The molecule has 1 aromatic heterocycles. The Morgan fingerprint density at radius 1 is 1.17 bits per heavy atom. The van der Waals surface area contributed by atoms with Crippen LogP contribution in [0.4, 0.5) is 5.69 Å². The summed E-state index contributed by atoms with van der Waals surface area (Å²) in [6, 6.07) is 11.8. The van der Waals surface area contributed by atoms with Crippen molar-refractivity contribution in [1.82, 2.24) is 0 Å². The summed E-state index contributed by atoms with van der Waals surface area (Å²) in [5, 5.41) is 2.30. The molecule has 4 rings (SSSR count). The van der Waals surface area contributed by atoms with Crippen LogP contribution in [-0.2, 0) is 10.1 Å². The highest BCUT2D eigenvalue weighted by atomic mass is 32.3. The molecular weight excluding hydrogens is 262 g/mol. The first kappa shape index (κ1) is 10.9. The van der Waals surface area contributed by atoms with E-state index in [-0.39, 0.29) is 5.25 Å². The summed E-state index contributed by atoms with van der Waals surface area (Å²) < 4.78 is 17.9. The monoisotopic (exact) mass is 275 g/mol. The van der Waals surface area contributed by atoms with Gasteiger partial charge < -0.3 is 4.55 Å². The summed E-state index contributed by atoms with van der Waals surface area (Å²) in [5.41, 5.74) is 0.967. The lowest BCUT2D eigenvalue weighted by atomic mass is 9.83. The normalized spacial score (nSPS) is 32.9. The number of fused-ring (bicyclic) bond motifs is 3. The Labute approximate surface area is 112 Å². The van der Waals surface area contributed by atoms with Crippen LogP contribution in [0.2, 0.25) is 0 Å². The molecule has 1 saturated carbocycles. The van der Waals surface area contributed by atoms with Crippen LogP contribution < -0.4 is 0 Å². The van der Waals surface area contributed by atoms with Crippen LogP contribution in [0.5, 0.6) is 0 Å². The quantitative estimate of drug-likeness (QED) is 0.719. The van der Waals surface area contributed by atoms with Gasteiger partial charge in [-0.25, -0.2) is 0 Å². The summed E-state index contributed by atoms with van der Waals surface area (Å²) in [5.74, 6) is 0.477. The number of nitrogens with zero attached hydrogens (tertiary/aromatic N) is 1. The SMILES string of the molecule is [O-][S+]1(c2ccccc2)=Nc2ccsc2[C@@H]2CC[C@@H]21. The smallest absolute Gasteiger partial charge is 0.137 e. The summed E-state index contributed by atoms with van der Waals surface area (Å²) in [6.07, 6.45) is 2.21. The van der Waals surface area contributed by atoms with E-state index in [9.17, 15) is 4.55 Å². The van der Waals surface area contributed by atoms with Crippen molar-refractivity contribution in [1.29, 1.82) is 0 Å². The van der Waals surface area contributed by atoms with Crippen molar-refractivity contribution in [2.75, 3.05) is 0 Å². The maximum Gasteiger partial charge on any atom is 0.137 e. The van der Waals surface area contributed by atoms with Gasteiger partial charge in [0.25, 0.3) is 0 Å². The van der Waals surface area contributed by atoms with Crippen LogP contribution in [0.1, 0.15) is 23.6 Å². The minimum absolute atomic E-state index is 0.228. The predicted molar refractivity (Wildman–Crippen MR) is 75.0 cm³/mol. The van der Waals surface area contributed by atoms with Crippen molar-refractivity contribution in [3.05, 3.63) is 46.7 Å². The standard InChI is InChI=1S/C14H13NOS2/c16-18(10-4-2-1-3-5-10)13-7-6-11(13)14-12(15-18)8-9-17-14/h1-5,8-9,11,13H,6-7H2/t11-,13+,18?/m1/s1. The van der Waals surface area contributed by atoms with Crippen LogP contribution in [0.15, 0.2) is 51.0 Å². The first-order valence-corrected chi connectivity index (χ1v) is 8.63. The highest BCUT2D eigenvalue weighted by molar-refractivity contribution is 8.00. The van der Waals surface area contributed by atoms with Crippen LogP contribution in [0, 0.1) is 0 Å². The van der Waals surface area contributed by atoms with Crippen molar-refractivity contribution in [2.45, 2.75) is 28.9 Å². The van der Waals surface area contributed by atoms with E-state index in [2.05, 4.69) is 9.74 Å². The fourth-order valence-corrected chi connectivity index (χ4v) is 6.82. The van der Waals surface area contributed by atoms with Gasteiger partial charge >= 0.3 is 0 Å². The lowest BCUT2D eigenvalue weighted by molar-refractivity contribution is 0.406. The highest BCUT2D eigenvalue weighted by Gasteiger charge is 2.48. The van der Waals surface area contributed by atoms with E-state index in [4.69, 9.17) is 0 Å². The van der Waals surface area contributed by atoms with Crippen molar-refractivity contribution < 1.29 is 4.55 Å². The Morgan fingerprint density at radius 2 is 2.00 bits per heavy atom. The largest absolute Gasteiger partial charge is 0.626 e. The molecule has 18 heavy (non-hydrogen) atoms. The van der Waals surface area contributed by atoms with Gasteiger partial charge in [0.05, 0.1) is 0 Å². The van der Waals surface area contributed by atoms with Gasteiger partial charge in [-0.1, -0.05) is 18.2 Å². The minimum atomic E-state index is -2.26. The van der Waals surface area contributed by atoms with E-state index in [1.807, 2.05) is 36.4 Å². The molecule has 1 aromatic carbocycles. The first-order chi connectivity index (χ1) is 8.79. The van der Waals surface area contributed by atoms with Gasteiger partial charge in [-0.15, -0.1) is 15.7 Å². The molecule has 92 valence electrons. The van der Waals surface area contributed by atoms with E-state index in [1.54, 1.807) is 11.3 Å². The zero-order valence-corrected chi connectivity index (χ0v) is 11.4. The molecule has 0 N–H and O–H groups in total. The fourth-order valence-electron chi connectivity index (χ4n) is 2.88. The molecule has 2 heterocycles. The van der Waals surface area contributed by atoms with Crippen LogP contribution in [0.3, 0.4) is 0 Å². The third-order valence-corrected chi connectivity index (χ3v) is 7.78. The number of hydrogen-bond acceptors (Lipinski definition) is 3. The van der Waals surface area contributed by atoms with Gasteiger partial charge in [-0.3, -0.25) is 0 Å². The fraction of sp³-hybridized carbons (Fsp3) is 0.286. The highest BCUT2D eigenvalue weighted by Crippen LogP contribution is 2.55. The second-order valence-corrected chi connectivity index (χ2v) is 8.21. The molecule has 1 aliphatic carbocycles. The molecule has 0 bridgehead atoms. The number of benzene rings is 1. The molecule has 3 atom stereocenters. The molecule has 4 heteroatoms. The van der Waals surface area contributed by atoms with Crippen molar-refractivity contribution >= 4 is 27.1 Å². The Morgan fingerprint density at radius 3 is 2.72 bits per heavy atom. The van der Waals surface area contributed by atoms with E-state index in [0.717, 1.165) is 23.4 Å². The maximum absolute atomic E-state index is 13.3. The van der Waals surface area contributed by atoms with Crippen LogP contribution >= 0.6 is 11.3 Å². The minimum Gasteiger partial charge on any atom is -0.626 e. The molecule has 1 fully saturated rings. The molecule has 0 radical (unpaired) electrons. The second kappa shape index (κ2) is 3.76. The van der Waals surface area contributed by atoms with Crippen LogP contribution in [0.25, 0.3) is 0 Å². The molecule has 1 unspecified atom stereocenters. The molecule has 2 aromatic rings. The average molecular weight is 275 g/mol. The van der Waals surface area contributed by atoms with E-state index in [1.165, 1.54) is 4.88 Å². The maximum atomic E-state index is 13.3. The van der Waals surface area contributed by atoms with Crippen molar-refractivity contribution in [3.8, 4) is 0 Å². The van der Waals surface area contributed by atoms with Crippen molar-refractivity contribution in [2.24, 2.45) is 4.36 Å². The van der Waals surface area contributed by atoms with Gasteiger partial charge in [0.1, 0.15) is 15.8 Å². The third-order valence-electron chi connectivity index (χ3n) is 3.95. The van der Waals surface area contributed by atoms with Gasteiger partial charge in [-0.2, -0.15) is 0 Å². The Hall–Kier alpha value is -0.970. The zero-order valence-electron chi connectivity index (χ0n) is 9.78. The molecule has 1 aliphatic heterocycles. The molecule has 0 saturated heterocycles. The Kier molecular flexibility index (Phi) is 2.28. The van der Waals surface area contributed by atoms with Gasteiger partial charge in [-0.05, 0) is 46.5 Å². The second-order valence-electron chi connectivity index (χ2n) is 4.87. The zero-order chi connectivity index (χ0) is 12.2. The van der Waals surface area contributed by atoms with E-state index in [0.29, 0.717) is 5.92 Å². The lowest BCUT2D eigenvalue weighted by Crippen LogP contribution is -2.42. The lowest BCUT2D eigenvalue weighted by Gasteiger charge is -2.44. The molecule has 0 amide bonds. The van der Waals surface area contributed by atoms with Crippen molar-refractivity contribution in [3.63, 3.8) is 0 Å². The third kappa shape index (κ3) is 1.34. The first-order valence-electron chi connectivity index (χ1n) is 6.17. The summed E-state index contributed by atoms with van der Waals surface area (Å²) in [7, 11) is -2.26. The van der Waals surface area contributed by atoms with E-state index < -0.39 is 10.1 Å². The van der Waals surface area contributed by atoms with Gasteiger partial charge in [0, 0.05) is 10.8 Å². The Bertz CT molecular complexity index is 647. The number of hydrogen-bond donors (Lipinski definition) is 0. The summed E-state index contributed by atoms with van der Waals surface area (Å²) in [6.45, 7) is 0.